The minimum atomic E-state index is -1.45. The molecule has 0 spiro atoms. The monoisotopic (exact) mass is 248 g/mol. The van der Waals surface area contributed by atoms with Crippen molar-refractivity contribution in [2.24, 2.45) is 22.7 Å². The van der Waals surface area contributed by atoms with Crippen LogP contribution in [0.25, 0.3) is 0 Å². The second-order valence-electron chi connectivity index (χ2n) is 6.80. The van der Waals surface area contributed by atoms with Gasteiger partial charge in [0, 0.05) is 11.8 Å². The van der Waals surface area contributed by atoms with E-state index in [0.717, 1.165) is 12.7 Å². The Balaban J connectivity index is 2.24. The van der Waals surface area contributed by atoms with Crippen molar-refractivity contribution in [1.29, 1.82) is 0 Å². The zero-order chi connectivity index (χ0) is 13.3. The van der Waals surface area contributed by atoms with Crippen molar-refractivity contribution >= 4 is 12.1 Å². The van der Waals surface area contributed by atoms with E-state index in [2.05, 4.69) is 13.0 Å². The number of fused-ring (bicyclic) bond motifs is 4. The van der Waals surface area contributed by atoms with Gasteiger partial charge < -0.3 is 9.90 Å². The third-order valence-electron chi connectivity index (χ3n) is 6.16. The molecule has 3 aliphatic rings. The maximum Gasteiger partial charge on any atom is 0.166 e. The highest BCUT2D eigenvalue weighted by Crippen LogP contribution is 2.68. The van der Waals surface area contributed by atoms with Gasteiger partial charge in [-0.1, -0.05) is 25.5 Å². The molecule has 2 fully saturated rings. The zero-order valence-electron chi connectivity index (χ0n) is 11.2. The third kappa shape index (κ3) is 0.979. The highest BCUT2D eigenvalue weighted by Gasteiger charge is 2.73. The summed E-state index contributed by atoms with van der Waals surface area (Å²) in [5, 5.41) is 10.8. The number of aldehydes is 1. The number of allylic oxidation sites excluding steroid dienone is 2. The predicted molar refractivity (Wildman–Crippen MR) is 66.8 cm³/mol. The van der Waals surface area contributed by atoms with Crippen molar-refractivity contribution in [3.63, 3.8) is 0 Å². The third-order valence-corrected chi connectivity index (χ3v) is 6.16. The standard InChI is InChI=1S/C15H20O3/c1-9-4-5-11-10(9)6-15(18)12(17)7-13(11,2)14(15,3)8-16/h5,8-10,18H,4,6-7H2,1-3H3/t9-,10+,13-,14+,15+/m0/s1. The molecule has 5 atom stereocenters. The van der Waals surface area contributed by atoms with Crippen LogP contribution in [0.1, 0.15) is 40.0 Å². The summed E-state index contributed by atoms with van der Waals surface area (Å²) in [6, 6.07) is 0. The molecule has 3 aliphatic carbocycles. The predicted octanol–water partition coefficient (Wildman–Crippen LogP) is 1.89. The second-order valence-corrected chi connectivity index (χ2v) is 6.80. The molecule has 2 saturated carbocycles. The Bertz CT molecular complexity index is 480. The second kappa shape index (κ2) is 3.13. The van der Waals surface area contributed by atoms with Gasteiger partial charge in [0.15, 0.2) is 5.78 Å². The molecule has 0 unspecified atom stereocenters. The Hall–Kier alpha value is -0.960. The number of hydrogen-bond acceptors (Lipinski definition) is 3. The van der Waals surface area contributed by atoms with Crippen LogP contribution in [-0.4, -0.2) is 22.8 Å². The summed E-state index contributed by atoms with van der Waals surface area (Å²) < 4.78 is 0. The van der Waals surface area contributed by atoms with Gasteiger partial charge in [0.1, 0.15) is 11.9 Å². The van der Waals surface area contributed by atoms with E-state index in [1.807, 2.05) is 6.92 Å². The van der Waals surface area contributed by atoms with Crippen LogP contribution >= 0.6 is 0 Å². The van der Waals surface area contributed by atoms with Crippen LogP contribution < -0.4 is 0 Å². The van der Waals surface area contributed by atoms with E-state index in [4.69, 9.17) is 0 Å². The fourth-order valence-corrected chi connectivity index (χ4v) is 4.55. The van der Waals surface area contributed by atoms with Crippen molar-refractivity contribution < 1.29 is 14.7 Å². The van der Waals surface area contributed by atoms with Gasteiger partial charge in [-0.05, 0) is 31.6 Å². The summed E-state index contributed by atoms with van der Waals surface area (Å²) in [5.41, 5.74) is -1.68. The molecule has 0 amide bonds. The summed E-state index contributed by atoms with van der Waals surface area (Å²) in [4.78, 5) is 23.9. The molecular weight excluding hydrogens is 228 g/mol. The number of carbonyl (C=O) groups is 2. The minimum absolute atomic E-state index is 0.151. The Kier molecular flexibility index (Phi) is 2.10. The molecule has 0 aromatic rings. The van der Waals surface area contributed by atoms with Gasteiger partial charge in [-0.2, -0.15) is 0 Å². The molecule has 0 aliphatic heterocycles. The van der Waals surface area contributed by atoms with Crippen LogP contribution in [0.4, 0.5) is 0 Å². The highest BCUT2D eigenvalue weighted by molar-refractivity contribution is 5.98. The number of rotatable bonds is 1. The SMILES string of the molecule is C[C@H]1CC=C2[C@@H]1C[C@@]1(O)C(=O)C[C@]2(C)[C@@]1(C)C=O. The lowest BCUT2D eigenvalue weighted by molar-refractivity contribution is -0.160. The van der Waals surface area contributed by atoms with Gasteiger partial charge in [-0.3, -0.25) is 4.79 Å². The van der Waals surface area contributed by atoms with Gasteiger partial charge in [0.05, 0.1) is 5.41 Å². The van der Waals surface area contributed by atoms with Crippen LogP contribution in [0.5, 0.6) is 0 Å². The highest BCUT2D eigenvalue weighted by atomic mass is 16.3. The number of ketones is 1. The molecule has 3 rings (SSSR count). The lowest BCUT2D eigenvalue weighted by Gasteiger charge is -2.51. The molecule has 0 aromatic carbocycles. The van der Waals surface area contributed by atoms with Crippen LogP contribution in [0, 0.1) is 22.7 Å². The smallest absolute Gasteiger partial charge is 0.166 e. The first-order chi connectivity index (χ1) is 8.30. The topological polar surface area (TPSA) is 54.4 Å². The number of hydrogen-bond donors (Lipinski definition) is 1. The molecular formula is C15H20O3. The summed E-state index contributed by atoms with van der Waals surface area (Å²) in [6.07, 6.45) is 4.74. The zero-order valence-corrected chi connectivity index (χ0v) is 11.2. The number of carbonyl (C=O) groups excluding carboxylic acids is 2. The van der Waals surface area contributed by atoms with Gasteiger partial charge in [-0.15, -0.1) is 0 Å². The summed E-state index contributed by atoms with van der Waals surface area (Å²) in [6.45, 7) is 5.90. The Morgan fingerprint density at radius 3 is 2.72 bits per heavy atom. The maximum atomic E-state index is 12.3. The van der Waals surface area contributed by atoms with E-state index >= 15 is 0 Å². The van der Waals surface area contributed by atoms with Crippen molar-refractivity contribution in [1.82, 2.24) is 0 Å². The molecule has 0 saturated heterocycles. The van der Waals surface area contributed by atoms with Gasteiger partial charge in [0.25, 0.3) is 0 Å². The first-order valence-electron chi connectivity index (χ1n) is 6.73. The van der Waals surface area contributed by atoms with E-state index in [9.17, 15) is 14.7 Å². The van der Waals surface area contributed by atoms with E-state index in [1.165, 1.54) is 5.57 Å². The molecule has 3 heteroatoms. The molecule has 98 valence electrons. The Morgan fingerprint density at radius 1 is 1.44 bits per heavy atom. The lowest BCUT2D eigenvalue weighted by Crippen LogP contribution is -2.58. The molecule has 0 heterocycles. The van der Waals surface area contributed by atoms with E-state index in [0.29, 0.717) is 18.8 Å². The van der Waals surface area contributed by atoms with Crippen LogP contribution in [0.3, 0.4) is 0 Å². The first-order valence-corrected chi connectivity index (χ1v) is 6.73. The van der Waals surface area contributed by atoms with Crippen LogP contribution in [-0.2, 0) is 9.59 Å². The summed E-state index contributed by atoms with van der Waals surface area (Å²) in [7, 11) is 0. The number of Topliss-reactive ketones (excluding diaryl/α,β-unsaturated/α-hetero) is 1. The molecule has 0 aromatic heterocycles. The fourth-order valence-electron chi connectivity index (χ4n) is 4.55. The fraction of sp³-hybridized carbons (Fsp3) is 0.733. The Morgan fingerprint density at radius 2 is 2.11 bits per heavy atom. The number of aliphatic hydroxyl groups is 1. The van der Waals surface area contributed by atoms with Gasteiger partial charge in [-0.25, -0.2) is 0 Å². The molecule has 0 radical (unpaired) electrons. The Labute approximate surface area is 107 Å². The van der Waals surface area contributed by atoms with Gasteiger partial charge in [0.2, 0.25) is 0 Å². The quantitative estimate of drug-likeness (QED) is 0.569. The van der Waals surface area contributed by atoms with Crippen LogP contribution in [0.2, 0.25) is 0 Å². The van der Waals surface area contributed by atoms with Crippen molar-refractivity contribution in [2.45, 2.75) is 45.6 Å². The van der Waals surface area contributed by atoms with E-state index in [-0.39, 0.29) is 11.7 Å². The van der Waals surface area contributed by atoms with Crippen molar-refractivity contribution in [3.8, 4) is 0 Å². The summed E-state index contributed by atoms with van der Waals surface area (Å²) >= 11 is 0. The lowest BCUT2D eigenvalue weighted by atomic mass is 9.52. The van der Waals surface area contributed by atoms with Gasteiger partial charge >= 0.3 is 0 Å². The van der Waals surface area contributed by atoms with Crippen molar-refractivity contribution in [2.75, 3.05) is 0 Å². The summed E-state index contributed by atoms with van der Waals surface area (Å²) in [5.74, 6) is 0.578. The largest absolute Gasteiger partial charge is 0.381 e. The van der Waals surface area contributed by atoms with Crippen molar-refractivity contribution in [3.05, 3.63) is 11.6 Å². The molecule has 2 bridgehead atoms. The first kappa shape index (κ1) is 12.1. The normalized spacial score (nSPS) is 54.2. The molecule has 1 N–H and O–H groups in total. The van der Waals surface area contributed by atoms with E-state index < -0.39 is 16.4 Å². The molecule has 18 heavy (non-hydrogen) atoms. The maximum absolute atomic E-state index is 12.3. The average Bonchev–Trinajstić information content (AvgIpc) is 2.71. The van der Waals surface area contributed by atoms with Crippen LogP contribution in [0.15, 0.2) is 11.6 Å². The minimum Gasteiger partial charge on any atom is -0.381 e. The van der Waals surface area contributed by atoms with E-state index in [1.54, 1.807) is 6.92 Å². The average molecular weight is 248 g/mol. The molecule has 3 nitrogen and oxygen atoms in total.